The standard InChI is InChI=1S/C21H27FN4O2S/c1-15-4-2-10-25(12-15)19(27)14-29-21-24-23-20(16-6-8-17(22)9-7-16)26(21)13-18-5-3-11-28-18/h6-9,15,18H,2-5,10-14H2,1H3. The molecule has 2 fully saturated rings. The van der Waals surface area contributed by atoms with E-state index in [2.05, 4.69) is 17.1 Å². The van der Waals surface area contributed by atoms with Gasteiger partial charge in [0.2, 0.25) is 5.91 Å². The topological polar surface area (TPSA) is 60.2 Å². The average molecular weight is 419 g/mol. The quantitative estimate of drug-likeness (QED) is 0.671. The van der Waals surface area contributed by atoms with Gasteiger partial charge in [-0.05, 0) is 55.9 Å². The molecule has 1 aromatic heterocycles. The van der Waals surface area contributed by atoms with Crippen LogP contribution in [0, 0.1) is 11.7 Å². The summed E-state index contributed by atoms with van der Waals surface area (Å²) in [6.07, 6.45) is 4.42. The molecule has 0 spiro atoms. The highest BCUT2D eigenvalue weighted by Crippen LogP contribution is 2.27. The van der Waals surface area contributed by atoms with Crippen LogP contribution in [0.15, 0.2) is 29.4 Å². The van der Waals surface area contributed by atoms with Crippen molar-refractivity contribution >= 4 is 17.7 Å². The maximum atomic E-state index is 13.3. The fourth-order valence-corrected chi connectivity index (χ4v) is 4.85. The molecular weight excluding hydrogens is 391 g/mol. The first-order valence-electron chi connectivity index (χ1n) is 10.3. The van der Waals surface area contributed by atoms with Gasteiger partial charge in [-0.1, -0.05) is 18.7 Å². The molecule has 156 valence electrons. The Bertz CT molecular complexity index is 836. The zero-order chi connectivity index (χ0) is 20.2. The number of benzene rings is 1. The molecule has 0 radical (unpaired) electrons. The number of thioether (sulfide) groups is 1. The number of rotatable bonds is 6. The van der Waals surface area contributed by atoms with Crippen molar-refractivity contribution in [3.05, 3.63) is 30.1 Å². The number of carbonyl (C=O) groups is 1. The zero-order valence-corrected chi connectivity index (χ0v) is 17.5. The monoisotopic (exact) mass is 418 g/mol. The molecule has 1 aromatic carbocycles. The van der Waals surface area contributed by atoms with Gasteiger partial charge in [-0.15, -0.1) is 10.2 Å². The van der Waals surface area contributed by atoms with Crippen LogP contribution < -0.4 is 0 Å². The van der Waals surface area contributed by atoms with E-state index in [1.54, 1.807) is 12.1 Å². The minimum Gasteiger partial charge on any atom is -0.376 e. The van der Waals surface area contributed by atoms with Crippen molar-refractivity contribution in [1.29, 1.82) is 0 Å². The van der Waals surface area contributed by atoms with Gasteiger partial charge < -0.3 is 9.64 Å². The first-order valence-corrected chi connectivity index (χ1v) is 11.3. The molecule has 3 heterocycles. The van der Waals surface area contributed by atoms with Crippen LogP contribution in [0.1, 0.15) is 32.6 Å². The first kappa shape index (κ1) is 20.3. The van der Waals surface area contributed by atoms with Crippen LogP contribution >= 0.6 is 11.8 Å². The number of hydrogen-bond acceptors (Lipinski definition) is 5. The van der Waals surface area contributed by atoms with Crippen LogP contribution in [0.5, 0.6) is 0 Å². The van der Waals surface area contributed by atoms with Crippen LogP contribution in [0.3, 0.4) is 0 Å². The van der Waals surface area contributed by atoms with E-state index in [1.165, 1.54) is 30.3 Å². The van der Waals surface area contributed by atoms with Gasteiger partial charge in [0, 0.05) is 25.3 Å². The van der Waals surface area contributed by atoms with Crippen LogP contribution in [-0.2, 0) is 16.1 Å². The minimum absolute atomic E-state index is 0.114. The van der Waals surface area contributed by atoms with E-state index in [1.807, 2.05) is 9.47 Å². The number of likely N-dealkylation sites (tertiary alicyclic amines) is 1. The Morgan fingerprint density at radius 1 is 1.24 bits per heavy atom. The van der Waals surface area contributed by atoms with Gasteiger partial charge in [-0.2, -0.15) is 0 Å². The molecule has 6 nitrogen and oxygen atoms in total. The molecule has 1 amide bonds. The number of aromatic nitrogens is 3. The van der Waals surface area contributed by atoms with Crippen molar-refractivity contribution < 1.29 is 13.9 Å². The second kappa shape index (κ2) is 9.26. The summed E-state index contributed by atoms with van der Waals surface area (Å²) < 4.78 is 21.2. The van der Waals surface area contributed by atoms with E-state index in [4.69, 9.17) is 4.74 Å². The van der Waals surface area contributed by atoms with E-state index in [-0.39, 0.29) is 17.8 Å². The van der Waals surface area contributed by atoms with Crippen molar-refractivity contribution in [3.8, 4) is 11.4 Å². The predicted molar refractivity (Wildman–Crippen MR) is 110 cm³/mol. The van der Waals surface area contributed by atoms with Gasteiger partial charge in [-0.25, -0.2) is 4.39 Å². The predicted octanol–water partition coefficient (Wildman–Crippen LogP) is 3.61. The Balaban J connectivity index is 1.50. The van der Waals surface area contributed by atoms with Gasteiger partial charge in [0.05, 0.1) is 18.4 Å². The minimum atomic E-state index is -0.283. The van der Waals surface area contributed by atoms with Gasteiger partial charge in [0.25, 0.3) is 0 Å². The number of nitrogens with zero attached hydrogens (tertiary/aromatic N) is 4. The van der Waals surface area contributed by atoms with Crippen LogP contribution in [0.25, 0.3) is 11.4 Å². The molecular formula is C21H27FN4O2S. The van der Waals surface area contributed by atoms with E-state index in [0.29, 0.717) is 29.2 Å². The molecule has 29 heavy (non-hydrogen) atoms. The molecule has 8 heteroatoms. The number of piperidine rings is 1. The van der Waals surface area contributed by atoms with Gasteiger partial charge in [-0.3, -0.25) is 9.36 Å². The number of ether oxygens (including phenoxy) is 1. The largest absolute Gasteiger partial charge is 0.376 e. The Morgan fingerprint density at radius 3 is 2.79 bits per heavy atom. The smallest absolute Gasteiger partial charge is 0.233 e. The summed E-state index contributed by atoms with van der Waals surface area (Å²) in [5.74, 6) is 1.46. The third kappa shape index (κ3) is 4.98. The van der Waals surface area contributed by atoms with E-state index in [9.17, 15) is 9.18 Å². The highest BCUT2D eigenvalue weighted by Gasteiger charge is 2.24. The molecule has 2 aliphatic rings. The Morgan fingerprint density at radius 2 is 2.07 bits per heavy atom. The van der Waals surface area contributed by atoms with Crippen LogP contribution in [0.4, 0.5) is 4.39 Å². The molecule has 0 N–H and O–H groups in total. The van der Waals surface area contributed by atoms with Gasteiger partial charge >= 0.3 is 0 Å². The third-order valence-corrected chi connectivity index (χ3v) is 6.52. The molecule has 2 saturated heterocycles. The third-order valence-electron chi connectivity index (χ3n) is 5.56. The summed E-state index contributed by atoms with van der Waals surface area (Å²) in [6.45, 7) is 5.28. The summed E-state index contributed by atoms with van der Waals surface area (Å²) in [6, 6.07) is 6.27. The molecule has 2 aromatic rings. The summed E-state index contributed by atoms with van der Waals surface area (Å²) in [5.41, 5.74) is 0.805. The SMILES string of the molecule is CC1CCCN(C(=O)CSc2nnc(-c3ccc(F)cc3)n2CC2CCCO2)C1. The van der Waals surface area contributed by atoms with E-state index in [0.717, 1.165) is 44.5 Å². The molecule has 2 atom stereocenters. The second-order valence-corrected chi connectivity index (χ2v) is 8.88. The summed E-state index contributed by atoms with van der Waals surface area (Å²) >= 11 is 1.42. The molecule has 2 aliphatic heterocycles. The molecule has 0 bridgehead atoms. The fourth-order valence-electron chi connectivity index (χ4n) is 4.00. The fraction of sp³-hybridized carbons (Fsp3) is 0.571. The van der Waals surface area contributed by atoms with Crippen LogP contribution in [0.2, 0.25) is 0 Å². The number of halogens is 1. The van der Waals surface area contributed by atoms with Crippen molar-refractivity contribution in [2.45, 2.75) is 50.4 Å². The lowest BCUT2D eigenvalue weighted by Crippen LogP contribution is -2.40. The molecule has 0 saturated carbocycles. The van der Waals surface area contributed by atoms with Crippen molar-refractivity contribution in [2.24, 2.45) is 5.92 Å². The van der Waals surface area contributed by atoms with E-state index >= 15 is 0 Å². The second-order valence-electron chi connectivity index (χ2n) is 7.93. The zero-order valence-electron chi connectivity index (χ0n) is 16.7. The first-order chi connectivity index (χ1) is 14.1. The lowest BCUT2D eigenvalue weighted by Gasteiger charge is -2.30. The Kier molecular flexibility index (Phi) is 6.50. The summed E-state index contributed by atoms with van der Waals surface area (Å²) in [4.78, 5) is 14.6. The van der Waals surface area contributed by atoms with Crippen molar-refractivity contribution in [1.82, 2.24) is 19.7 Å². The number of carbonyl (C=O) groups excluding carboxylic acids is 1. The van der Waals surface area contributed by atoms with Gasteiger partial charge in [0.1, 0.15) is 5.82 Å². The highest BCUT2D eigenvalue weighted by atomic mass is 32.2. The van der Waals surface area contributed by atoms with Crippen molar-refractivity contribution in [3.63, 3.8) is 0 Å². The Labute approximate surface area is 174 Å². The Hall–Kier alpha value is -1.93. The maximum absolute atomic E-state index is 13.3. The maximum Gasteiger partial charge on any atom is 0.233 e. The average Bonchev–Trinajstić information content (AvgIpc) is 3.37. The normalized spacial score (nSPS) is 22.2. The summed E-state index contributed by atoms with van der Waals surface area (Å²) in [7, 11) is 0. The van der Waals surface area contributed by atoms with E-state index < -0.39 is 0 Å². The molecule has 4 rings (SSSR count). The number of hydrogen-bond donors (Lipinski definition) is 0. The lowest BCUT2D eigenvalue weighted by atomic mass is 10.0. The lowest BCUT2D eigenvalue weighted by molar-refractivity contribution is -0.130. The molecule has 0 aliphatic carbocycles. The number of amides is 1. The molecule has 2 unspecified atom stereocenters. The van der Waals surface area contributed by atoms with Gasteiger partial charge in [0.15, 0.2) is 11.0 Å². The van der Waals surface area contributed by atoms with Crippen LogP contribution in [-0.4, -0.2) is 57.1 Å². The summed E-state index contributed by atoms with van der Waals surface area (Å²) in [5, 5.41) is 9.40. The van der Waals surface area contributed by atoms with Crippen molar-refractivity contribution in [2.75, 3.05) is 25.4 Å². The highest BCUT2D eigenvalue weighted by molar-refractivity contribution is 7.99.